The van der Waals surface area contributed by atoms with Gasteiger partial charge in [0.25, 0.3) is 0 Å². The number of fused-ring (bicyclic) bond motifs is 1. The third-order valence-electron chi connectivity index (χ3n) is 4.90. The quantitative estimate of drug-likeness (QED) is 0.902. The third kappa shape index (κ3) is 2.53. The Hall–Kier alpha value is -1.55. The summed E-state index contributed by atoms with van der Waals surface area (Å²) in [5.41, 5.74) is 7.65. The molecule has 21 heavy (non-hydrogen) atoms. The summed E-state index contributed by atoms with van der Waals surface area (Å²) in [6.45, 7) is 0.807. The number of nitrogens with two attached hydrogens (primary N) is 1. The first-order valence-corrected chi connectivity index (χ1v) is 7.77. The Morgan fingerprint density at radius 1 is 1.48 bits per heavy atom. The predicted octanol–water partition coefficient (Wildman–Crippen LogP) is 2.05. The van der Waals surface area contributed by atoms with Crippen molar-refractivity contribution in [1.82, 2.24) is 4.90 Å². The Bertz CT molecular complexity index is 554. The van der Waals surface area contributed by atoms with Gasteiger partial charge in [-0.3, -0.25) is 4.79 Å². The lowest BCUT2D eigenvalue weighted by Crippen LogP contribution is -2.50. The summed E-state index contributed by atoms with van der Waals surface area (Å²) in [5.74, 6) is 1.70. The molecule has 0 radical (unpaired) electrons. The largest absolute Gasteiger partial charge is 0.496 e. The van der Waals surface area contributed by atoms with Crippen LogP contribution in [0.3, 0.4) is 0 Å². The molecule has 1 aromatic carbocycles. The summed E-state index contributed by atoms with van der Waals surface area (Å²) in [6, 6.07) is 5.82. The zero-order valence-corrected chi connectivity index (χ0v) is 12.9. The number of benzene rings is 1. The van der Waals surface area contributed by atoms with Gasteiger partial charge in [0.05, 0.1) is 7.11 Å². The molecule has 1 amide bonds. The Labute approximate surface area is 126 Å². The van der Waals surface area contributed by atoms with Crippen molar-refractivity contribution in [3.8, 4) is 5.75 Å². The number of carbonyl (C=O) groups is 1. The van der Waals surface area contributed by atoms with Crippen LogP contribution in [0.5, 0.6) is 5.75 Å². The molecule has 2 aliphatic carbocycles. The molecule has 1 atom stereocenters. The first-order valence-electron chi connectivity index (χ1n) is 7.77. The van der Waals surface area contributed by atoms with E-state index in [1.807, 2.05) is 30.1 Å². The van der Waals surface area contributed by atoms with E-state index in [4.69, 9.17) is 10.5 Å². The van der Waals surface area contributed by atoms with Crippen LogP contribution in [0.2, 0.25) is 0 Å². The minimum atomic E-state index is -0.887. The van der Waals surface area contributed by atoms with Crippen LogP contribution in [0, 0.1) is 5.92 Å². The summed E-state index contributed by atoms with van der Waals surface area (Å²) in [5, 5.41) is 0. The average molecular weight is 288 g/mol. The Morgan fingerprint density at radius 2 is 2.24 bits per heavy atom. The number of nitrogens with zero attached hydrogens (tertiary/aromatic N) is 1. The maximum Gasteiger partial charge on any atom is 0.247 e. The van der Waals surface area contributed by atoms with Crippen molar-refractivity contribution in [1.29, 1.82) is 0 Å². The molecule has 0 aliphatic heterocycles. The first-order chi connectivity index (χ1) is 10.1. The first kappa shape index (κ1) is 14.4. The summed E-state index contributed by atoms with van der Waals surface area (Å²) in [4.78, 5) is 14.6. The summed E-state index contributed by atoms with van der Waals surface area (Å²) in [6.07, 6.45) is 5.20. The number of ether oxygens (including phenoxy) is 1. The van der Waals surface area contributed by atoms with Gasteiger partial charge in [-0.05, 0) is 42.4 Å². The molecule has 2 aliphatic rings. The van der Waals surface area contributed by atoms with E-state index in [1.165, 1.54) is 12.8 Å². The summed E-state index contributed by atoms with van der Waals surface area (Å²) in [7, 11) is 3.53. The van der Waals surface area contributed by atoms with E-state index in [2.05, 4.69) is 0 Å². The van der Waals surface area contributed by atoms with Crippen molar-refractivity contribution in [2.24, 2.45) is 11.7 Å². The highest BCUT2D eigenvalue weighted by Gasteiger charge is 2.44. The van der Waals surface area contributed by atoms with E-state index in [0.29, 0.717) is 6.42 Å². The molecule has 1 unspecified atom stereocenters. The molecular weight excluding hydrogens is 264 g/mol. The molecule has 0 spiro atoms. The van der Waals surface area contributed by atoms with Gasteiger partial charge in [0, 0.05) is 13.6 Å². The van der Waals surface area contributed by atoms with Crippen molar-refractivity contribution >= 4 is 5.91 Å². The fourth-order valence-corrected chi connectivity index (χ4v) is 3.34. The molecule has 0 bridgehead atoms. The maximum atomic E-state index is 12.8. The number of amides is 1. The van der Waals surface area contributed by atoms with E-state index in [9.17, 15) is 4.79 Å². The van der Waals surface area contributed by atoms with Gasteiger partial charge in [-0.25, -0.2) is 0 Å². The highest BCUT2D eigenvalue weighted by atomic mass is 16.5. The van der Waals surface area contributed by atoms with E-state index in [0.717, 1.165) is 42.2 Å². The standard InChI is InChI=1S/C17H24N2O2/c1-19(11-9-12-6-7-12)16(20)17(18)10-8-13-14(17)4-3-5-15(13)21-2/h3-5,12H,6-11,18H2,1-2H3. The molecule has 2 N–H and O–H groups in total. The SMILES string of the molecule is COc1cccc2c1CCC2(N)C(=O)N(C)CCC1CC1. The van der Waals surface area contributed by atoms with Crippen LogP contribution in [-0.2, 0) is 16.8 Å². The van der Waals surface area contributed by atoms with Crippen molar-refractivity contribution in [3.05, 3.63) is 29.3 Å². The number of hydrogen-bond acceptors (Lipinski definition) is 3. The fourth-order valence-electron chi connectivity index (χ4n) is 3.34. The fraction of sp³-hybridized carbons (Fsp3) is 0.588. The smallest absolute Gasteiger partial charge is 0.247 e. The van der Waals surface area contributed by atoms with Crippen LogP contribution >= 0.6 is 0 Å². The molecule has 1 saturated carbocycles. The van der Waals surface area contributed by atoms with Gasteiger partial charge < -0.3 is 15.4 Å². The van der Waals surface area contributed by atoms with Crippen LogP contribution in [-0.4, -0.2) is 31.5 Å². The second kappa shape index (κ2) is 5.34. The predicted molar refractivity (Wildman–Crippen MR) is 82.2 cm³/mol. The molecule has 0 saturated heterocycles. The normalized spacial score (nSPS) is 23.8. The maximum absolute atomic E-state index is 12.8. The lowest BCUT2D eigenvalue weighted by molar-refractivity contribution is -0.136. The van der Waals surface area contributed by atoms with Gasteiger partial charge in [-0.15, -0.1) is 0 Å². The average Bonchev–Trinajstić information content (AvgIpc) is 3.27. The van der Waals surface area contributed by atoms with Crippen LogP contribution in [0.25, 0.3) is 0 Å². The molecule has 4 nitrogen and oxygen atoms in total. The lowest BCUT2D eigenvalue weighted by Gasteiger charge is -2.30. The Kier molecular flexibility index (Phi) is 3.66. The minimum absolute atomic E-state index is 0.0372. The molecule has 3 rings (SSSR count). The van der Waals surface area contributed by atoms with Crippen molar-refractivity contribution < 1.29 is 9.53 Å². The molecule has 114 valence electrons. The topological polar surface area (TPSA) is 55.6 Å². The van der Waals surface area contributed by atoms with Crippen LogP contribution < -0.4 is 10.5 Å². The van der Waals surface area contributed by atoms with Crippen LogP contribution in [0.1, 0.15) is 36.8 Å². The summed E-state index contributed by atoms with van der Waals surface area (Å²) < 4.78 is 5.40. The molecule has 4 heteroatoms. The molecular formula is C17H24N2O2. The molecule has 0 heterocycles. The van der Waals surface area contributed by atoms with Crippen molar-refractivity contribution in [3.63, 3.8) is 0 Å². The van der Waals surface area contributed by atoms with Gasteiger partial charge in [0.1, 0.15) is 11.3 Å². The number of likely N-dealkylation sites (N-methyl/N-ethyl adjacent to an activating group) is 1. The molecule has 1 aromatic rings. The zero-order chi connectivity index (χ0) is 15.0. The summed E-state index contributed by atoms with van der Waals surface area (Å²) >= 11 is 0. The number of carbonyl (C=O) groups excluding carboxylic acids is 1. The zero-order valence-electron chi connectivity index (χ0n) is 12.9. The number of methoxy groups -OCH3 is 1. The van der Waals surface area contributed by atoms with Crippen molar-refractivity contribution in [2.45, 2.75) is 37.6 Å². The highest BCUT2D eigenvalue weighted by Crippen LogP contribution is 2.41. The van der Waals surface area contributed by atoms with Gasteiger partial charge >= 0.3 is 0 Å². The van der Waals surface area contributed by atoms with Crippen molar-refractivity contribution in [2.75, 3.05) is 20.7 Å². The van der Waals surface area contributed by atoms with E-state index < -0.39 is 5.54 Å². The highest BCUT2D eigenvalue weighted by molar-refractivity contribution is 5.89. The Morgan fingerprint density at radius 3 is 2.90 bits per heavy atom. The Balaban J connectivity index is 1.80. The van der Waals surface area contributed by atoms with Gasteiger partial charge in [-0.1, -0.05) is 25.0 Å². The van der Waals surface area contributed by atoms with E-state index >= 15 is 0 Å². The van der Waals surface area contributed by atoms with E-state index in [-0.39, 0.29) is 5.91 Å². The monoisotopic (exact) mass is 288 g/mol. The van der Waals surface area contributed by atoms with Gasteiger partial charge in [0.15, 0.2) is 0 Å². The second-order valence-corrected chi connectivity index (χ2v) is 6.42. The van der Waals surface area contributed by atoms with Gasteiger partial charge in [0.2, 0.25) is 5.91 Å². The van der Waals surface area contributed by atoms with Crippen LogP contribution in [0.4, 0.5) is 0 Å². The van der Waals surface area contributed by atoms with E-state index in [1.54, 1.807) is 7.11 Å². The number of hydrogen-bond donors (Lipinski definition) is 1. The number of rotatable bonds is 5. The lowest BCUT2D eigenvalue weighted by atomic mass is 9.91. The third-order valence-corrected chi connectivity index (χ3v) is 4.90. The van der Waals surface area contributed by atoms with Crippen LogP contribution in [0.15, 0.2) is 18.2 Å². The second-order valence-electron chi connectivity index (χ2n) is 6.42. The van der Waals surface area contributed by atoms with Gasteiger partial charge in [-0.2, -0.15) is 0 Å². The minimum Gasteiger partial charge on any atom is -0.496 e. The molecule has 0 aromatic heterocycles. The molecule has 1 fully saturated rings.